The second kappa shape index (κ2) is 3.96. The fraction of sp³-hybridized carbons (Fsp3) is 1.00. The van der Waals surface area contributed by atoms with Gasteiger partial charge in [0.25, 0.3) is 0 Å². The highest BCUT2D eigenvalue weighted by Gasteiger charge is 2.52. The van der Waals surface area contributed by atoms with Crippen molar-refractivity contribution in [2.45, 2.75) is 77.4 Å². The molecule has 0 radical (unpaired) electrons. The van der Waals surface area contributed by atoms with Gasteiger partial charge in [-0.1, -0.05) is 13.3 Å². The molecular formula is C15H28O2. The summed E-state index contributed by atoms with van der Waals surface area (Å²) in [5.74, 6) is 0.694. The first kappa shape index (κ1) is 13.4. The maximum Gasteiger partial charge on any atom is 0.0653 e. The van der Waals surface area contributed by atoms with Crippen LogP contribution in [-0.2, 0) is 0 Å². The van der Waals surface area contributed by atoms with Crippen LogP contribution in [0, 0.1) is 17.3 Å². The largest absolute Gasteiger partial charge is 0.390 e. The van der Waals surface area contributed by atoms with Crippen molar-refractivity contribution in [3.63, 3.8) is 0 Å². The van der Waals surface area contributed by atoms with E-state index in [1.165, 1.54) is 6.42 Å². The normalized spacial score (nSPS) is 47.6. The summed E-state index contributed by atoms with van der Waals surface area (Å²) in [4.78, 5) is 0. The van der Waals surface area contributed by atoms with E-state index in [9.17, 15) is 10.2 Å². The Balaban J connectivity index is 2.20. The summed E-state index contributed by atoms with van der Waals surface area (Å²) in [7, 11) is 0. The predicted molar refractivity (Wildman–Crippen MR) is 69.7 cm³/mol. The predicted octanol–water partition coefficient (Wildman–Crippen LogP) is 3.11. The second-order valence-electron chi connectivity index (χ2n) is 7.54. The number of fused-ring (bicyclic) bond motifs is 1. The van der Waals surface area contributed by atoms with Crippen LogP contribution in [-0.4, -0.2) is 21.4 Å². The van der Waals surface area contributed by atoms with E-state index in [-0.39, 0.29) is 0 Å². The average Bonchev–Trinajstić information content (AvgIpc) is 2.14. The van der Waals surface area contributed by atoms with Crippen LogP contribution in [0.25, 0.3) is 0 Å². The van der Waals surface area contributed by atoms with E-state index < -0.39 is 11.2 Å². The van der Waals surface area contributed by atoms with Gasteiger partial charge in [0.05, 0.1) is 11.2 Å². The molecule has 2 nitrogen and oxygen atoms in total. The molecule has 2 fully saturated rings. The van der Waals surface area contributed by atoms with Crippen LogP contribution in [0.3, 0.4) is 0 Å². The van der Waals surface area contributed by atoms with Gasteiger partial charge < -0.3 is 10.2 Å². The lowest BCUT2D eigenvalue weighted by Gasteiger charge is -2.55. The number of aliphatic hydroxyl groups is 2. The summed E-state index contributed by atoms with van der Waals surface area (Å²) < 4.78 is 0. The summed E-state index contributed by atoms with van der Waals surface area (Å²) in [6.07, 6.45) is 6.55. The molecule has 17 heavy (non-hydrogen) atoms. The van der Waals surface area contributed by atoms with E-state index in [1.54, 1.807) is 0 Å². The molecular weight excluding hydrogens is 212 g/mol. The van der Waals surface area contributed by atoms with Crippen LogP contribution < -0.4 is 0 Å². The molecule has 0 aromatic carbocycles. The van der Waals surface area contributed by atoms with Crippen molar-refractivity contribution in [1.29, 1.82) is 0 Å². The van der Waals surface area contributed by atoms with Crippen LogP contribution in [0.15, 0.2) is 0 Å². The van der Waals surface area contributed by atoms with Crippen molar-refractivity contribution in [2.24, 2.45) is 17.3 Å². The van der Waals surface area contributed by atoms with Crippen molar-refractivity contribution in [1.82, 2.24) is 0 Å². The van der Waals surface area contributed by atoms with Crippen molar-refractivity contribution in [3.8, 4) is 0 Å². The van der Waals surface area contributed by atoms with Gasteiger partial charge in [-0.2, -0.15) is 0 Å². The molecule has 0 saturated heterocycles. The highest BCUT2D eigenvalue weighted by atomic mass is 16.3. The Bertz CT molecular complexity index is 290. The van der Waals surface area contributed by atoms with E-state index in [1.807, 2.05) is 20.8 Å². The van der Waals surface area contributed by atoms with Crippen LogP contribution in [0.2, 0.25) is 0 Å². The molecule has 100 valence electrons. The standard InChI is InChI=1S/C15H28O2/c1-13(2,16)11-6-9-14(3)7-5-8-15(4,17)12(14)10-11/h11-12,16-17H,5-10H2,1-4H3/t11-,12-,14+,15+/m0/s1. The Kier molecular flexibility index (Phi) is 3.11. The van der Waals surface area contributed by atoms with Crippen LogP contribution in [0.1, 0.15) is 66.2 Å². The topological polar surface area (TPSA) is 40.5 Å². The molecule has 2 aliphatic carbocycles. The monoisotopic (exact) mass is 240 g/mol. The van der Waals surface area contributed by atoms with Gasteiger partial charge in [0.2, 0.25) is 0 Å². The molecule has 0 spiro atoms. The van der Waals surface area contributed by atoms with Gasteiger partial charge in [0, 0.05) is 0 Å². The van der Waals surface area contributed by atoms with Gasteiger partial charge >= 0.3 is 0 Å². The minimum atomic E-state index is -0.602. The molecule has 0 amide bonds. The zero-order chi connectivity index (χ0) is 12.9. The lowest BCUT2D eigenvalue weighted by Crippen LogP contribution is -2.53. The second-order valence-corrected chi connectivity index (χ2v) is 7.54. The first-order valence-electron chi connectivity index (χ1n) is 7.10. The maximum absolute atomic E-state index is 10.6. The van der Waals surface area contributed by atoms with E-state index >= 15 is 0 Å². The molecule has 2 aliphatic rings. The summed E-state index contributed by atoms with van der Waals surface area (Å²) in [6, 6.07) is 0. The van der Waals surface area contributed by atoms with Gasteiger partial charge in [-0.15, -0.1) is 0 Å². The van der Waals surface area contributed by atoms with E-state index in [4.69, 9.17) is 0 Å². The molecule has 4 atom stereocenters. The van der Waals surface area contributed by atoms with E-state index in [0.29, 0.717) is 17.3 Å². The Hall–Kier alpha value is -0.0800. The van der Waals surface area contributed by atoms with Gasteiger partial charge in [-0.25, -0.2) is 0 Å². The molecule has 0 aromatic heterocycles. The molecule has 2 N–H and O–H groups in total. The Morgan fingerprint density at radius 1 is 1.12 bits per heavy atom. The number of hydrogen-bond acceptors (Lipinski definition) is 2. The Morgan fingerprint density at radius 3 is 2.35 bits per heavy atom. The van der Waals surface area contributed by atoms with Crippen LogP contribution in [0.4, 0.5) is 0 Å². The zero-order valence-electron chi connectivity index (χ0n) is 11.8. The van der Waals surface area contributed by atoms with Gasteiger partial charge in [0.15, 0.2) is 0 Å². The van der Waals surface area contributed by atoms with Gasteiger partial charge in [0.1, 0.15) is 0 Å². The average molecular weight is 240 g/mol. The molecule has 2 saturated carbocycles. The van der Waals surface area contributed by atoms with Gasteiger partial charge in [-0.3, -0.25) is 0 Å². The van der Waals surface area contributed by atoms with E-state index in [0.717, 1.165) is 32.1 Å². The molecule has 0 bridgehead atoms. The fourth-order valence-corrected chi connectivity index (χ4v) is 4.33. The molecule has 0 unspecified atom stereocenters. The smallest absolute Gasteiger partial charge is 0.0653 e. The first-order chi connectivity index (χ1) is 7.65. The first-order valence-corrected chi connectivity index (χ1v) is 7.10. The zero-order valence-corrected chi connectivity index (χ0v) is 11.8. The fourth-order valence-electron chi connectivity index (χ4n) is 4.33. The molecule has 0 aromatic rings. The van der Waals surface area contributed by atoms with Crippen molar-refractivity contribution >= 4 is 0 Å². The molecule has 0 heterocycles. The van der Waals surface area contributed by atoms with Crippen molar-refractivity contribution in [2.75, 3.05) is 0 Å². The summed E-state index contributed by atoms with van der Waals surface area (Å²) >= 11 is 0. The third kappa shape index (κ3) is 2.39. The van der Waals surface area contributed by atoms with E-state index in [2.05, 4.69) is 6.92 Å². The SMILES string of the molecule is CC(C)(O)[C@H]1CC[C@@]2(C)CCC[C@@](C)(O)[C@H]2C1. The van der Waals surface area contributed by atoms with Crippen molar-refractivity contribution < 1.29 is 10.2 Å². The van der Waals surface area contributed by atoms with Gasteiger partial charge in [-0.05, 0) is 70.1 Å². The minimum absolute atomic E-state index is 0.295. The lowest BCUT2D eigenvalue weighted by atomic mass is 9.52. The summed E-state index contributed by atoms with van der Waals surface area (Å²) in [5.41, 5.74) is -0.838. The highest BCUT2D eigenvalue weighted by molar-refractivity contribution is 5.03. The number of rotatable bonds is 1. The Morgan fingerprint density at radius 2 is 1.76 bits per heavy atom. The molecule has 2 heteroatoms. The highest BCUT2D eigenvalue weighted by Crippen LogP contribution is 2.56. The third-order valence-electron chi connectivity index (χ3n) is 5.61. The molecule has 2 rings (SSSR count). The van der Waals surface area contributed by atoms with Crippen LogP contribution >= 0.6 is 0 Å². The van der Waals surface area contributed by atoms with Crippen LogP contribution in [0.5, 0.6) is 0 Å². The Labute approximate surface area is 105 Å². The summed E-state index contributed by atoms with van der Waals surface area (Å²) in [5, 5.41) is 20.8. The third-order valence-corrected chi connectivity index (χ3v) is 5.61. The quantitative estimate of drug-likeness (QED) is 0.739. The lowest BCUT2D eigenvalue weighted by molar-refractivity contribution is -0.143. The molecule has 0 aliphatic heterocycles. The number of hydrogen-bond donors (Lipinski definition) is 2. The van der Waals surface area contributed by atoms with Crippen molar-refractivity contribution in [3.05, 3.63) is 0 Å². The summed E-state index contributed by atoms with van der Waals surface area (Å²) in [6.45, 7) is 8.17. The maximum atomic E-state index is 10.6. The minimum Gasteiger partial charge on any atom is -0.390 e.